The molecule has 25 heavy (non-hydrogen) atoms. The fourth-order valence-corrected chi connectivity index (χ4v) is 5.08. The molecule has 132 valence electrons. The predicted octanol–water partition coefficient (Wildman–Crippen LogP) is 2.80. The molecule has 3 N–H and O–H groups in total. The highest BCUT2D eigenvalue weighted by molar-refractivity contribution is 7.80. The second-order valence-electron chi connectivity index (χ2n) is 7.15. The van der Waals surface area contributed by atoms with Crippen LogP contribution in [0.5, 0.6) is 11.5 Å². The van der Waals surface area contributed by atoms with Crippen LogP contribution in [0.4, 0.5) is 0 Å². The molecule has 1 aromatic rings. The fraction of sp³-hybridized carbons (Fsp3) is 0.474. The Hall–Kier alpha value is -2.08. The van der Waals surface area contributed by atoms with Gasteiger partial charge in [-0.25, -0.2) is 0 Å². The van der Waals surface area contributed by atoms with Gasteiger partial charge in [0, 0.05) is 11.6 Å². The van der Waals surface area contributed by atoms with Gasteiger partial charge in [-0.1, -0.05) is 18.2 Å². The topological polar surface area (TPSA) is 65.9 Å². The molecule has 0 unspecified atom stereocenters. The maximum absolute atomic E-state index is 10.0. The second-order valence-corrected chi connectivity index (χ2v) is 7.56. The number of hydrogen-bond donors (Lipinski definition) is 3. The number of methoxy groups -OCH3 is 1. The maximum atomic E-state index is 10.0. The Morgan fingerprint density at radius 2 is 2.24 bits per heavy atom. The number of hydrogen-bond acceptors (Lipinski definition) is 4. The first kappa shape index (κ1) is 16.4. The summed E-state index contributed by atoms with van der Waals surface area (Å²) in [5.74, 6) is 3.63. The lowest BCUT2D eigenvalue weighted by Crippen LogP contribution is -2.45. The van der Waals surface area contributed by atoms with E-state index >= 15 is 0 Å². The molecule has 0 aromatic heterocycles. The van der Waals surface area contributed by atoms with Crippen molar-refractivity contribution in [2.45, 2.75) is 25.3 Å². The predicted molar refractivity (Wildman–Crippen MR) is 102 cm³/mol. The van der Waals surface area contributed by atoms with E-state index in [0.29, 0.717) is 28.4 Å². The van der Waals surface area contributed by atoms with Crippen molar-refractivity contribution in [1.29, 1.82) is 0 Å². The largest absolute Gasteiger partial charge is 0.504 e. The van der Waals surface area contributed by atoms with Gasteiger partial charge in [-0.05, 0) is 67.3 Å². The number of phenols is 1. The Balaban J connectivity index is 1.32. The molecule has 0 aliphatic heterocycles. The standard InChI is InChI=1S/C19H23N3O2S/c1-24-17-7-2-4-11(18(17)23)10-20-22-19(25)21-16-9-12-8-15(16)14-6-3-5-13(12)14/h2-4,6-7,10,12-16,23H,5,8-9H2,1H3,(H2,21,22,25)/b20-10-/t12-,13+,14-,15+,16-/m0/s1. The van der Waals surface area contributed by atoms with E-state index in [2.05, 4.69) is 28.0 Å². The summed E-state index contributed by atoms with van der Waals surface area (Å²) < 4.78 is 5.09. The normalized spacial score (nSPS) is 32.1. The molecule has 2 saturated carbocycles. The molecule has 2 bridgehead atoms. The Kier molecular flexibility index (Phi) is 4.37. The molecule has 6 heteroatoms. The van der Waals surface area contributed by atoms with Gasteiger partial charge in [0.1, 0.15) is 0 Å². The maximum Gasteiger partial charge on any atom is 0.187 e. The molecule has 0 spiro atoms. The molecule has 4 rings (SSSR count). The first-order valence-electron chi connectivity index (χ1n) is 8.79. The highest BCUT2D eigenvalue weighted by atomic mass is 32.1. The quantitative estimate of drug-likeness (QED) is 0.335. The van der Waals surface area contributed by atoms with E-state index in [9.17, 15) is 5.11 Å². The van der Waals surface area contributed by atoms with Crippen LogP contribution in [-0.4, -0.2) is 29.6 Å². The second kappa shape index (κ2) is 6.67. The van der Waals surface area contributed by atoms with Gasteiger partial charge in [0.2, 0.25) is 0 Å². The molecule has 2 fully saturated rings. The van der Waals surface area contributed by atoms with Crippen molar-refractivity contribution < 1.29 is 9.84 Å². The summed E-state index contributed by atoms with van der Waals surface area (Å²) >= 11 is 5.38. The number of rotatable bonds is 4. The van der Waals surface area contributed by atoms with Crippen molar-refractivity contribution in [2.24, 2.45) is 28.8 Å². The number of aromatic hydroxyl groups is 1. The fourth-order valence-electron chi connectivity index (χ4n) is 4.88. The summed E-state index contributed by atoms with van der Waals surface area (Å²) in [7, 11) is 1.52. The smallest absolute Gasteiger partial charge is 0.187 e. The van der Waals surface area contributed by atoms with Crippen molar-refractivity contribution in [3.63, 3.8) is 0 Å². The molecule has 5 atom stereocenters. The Morgan fingerprint density at radius 1 is 1.36 bits per heavy atom. The zero-order valence-corrected chi connectivity index (χ0v) is 15.0. The van der Waals surface area contributed by atoms with Gasteiger partial charge in [-0.3, -0.25) is 5.43 Å². The van der Waals surface area contributed by atoms with E-state index < -0.39 is 0 Å². The first-order valence-corrected chi connectivity index (χ1v) is 9.20. The lowest BCUT2D eigenvalue weighted by atomic mass is 9.79. The van der Waals surface area contributed by atoms with Crippen LogP contribution in [0.3, 0.4) is 0 Å². The first-order chi connectivity index (χ1) is 12.2. The van der Waals surface area contributed by atoms with Crippen molar-refractivity contribution in [2.75, 3.05) is 7.11 Å². The molecule has 0 heterocycles. The van der Waals surface area contributed by atoms with E-state index in [0.717, 1.165) is 17.8 Å². The Labute approximate surface area is 153 Å². The molecule has 3 aliphatic carbocycles. The third-order valence-corrected chi connectivity index (χ3v) is 6.15. The van der Waals surface area contributed by atoms with Crippen molar-refractivity contribution in [3.8, 4) is 11.5 Å². The molecule has 0 amide bonds. The van der Waals surface area contributed by atoms with Crippen LogP contribution in [0.1, 0.15) is 24.8 Å². The van der Waals surface area contributed by atoms with Crippen molar-refractivity contribution in [1.82, 2.24) is 10.7 Å². The number of benzene rings is 1. The number of nitrogens with one attached hydrogen (secondary N) is 2. The minimum atomic E-state index is 0.0709. The van der Waals surface area contributed by atoms with E-state index in [-0.39, 0.29) is 5.75 Å². The van der Waals surface area contributed by atoms with Gasteiger partial charge in [-0.2, -0.15) is 5.10 Å². The summed E-state index contributed by atoms with van der Waals surface area (Å²) in [6.07, 6.45) is 10.1. The van der Waals surface area contributed by atoms with Gasteiger partial charge < -0.3 is 15.2 Å². The van der Waals surface area contributed by atoms with Gasteiger partial charge in [0.25, 0.3) is 0 Å². The number of nitrogens with zero attached hydrogens (tertiary/aromatic N) is 1. The molecular formula is C19H23N3O2S. The number of ether oxygens (including phenoxy) is 1. The third kappa shape index (κ3) is 2.99. The van der Waals surface area contributed by atoms with Gasteiger partial charge >= 0.3 is 0 Å². The number of allylic oxidation sites excluding steroid dienone is 2. The van der Waals surface area contributed by atoms with Crippen LogP contribution in [0.15, 0.2) is 35.5 Å². The molecule has 0 radical (unpaired) electrons. The molecule has 3 aliphatic rings. The lowest BCUT2D eigenvalue weighted by Gasteiger charge is -2.32. The highest BCUT2D eigenvalue weighted by Crippen LogP contribution is 2.56. The molecule has 0 saturated heterocycles. The highest BCUT2D eigenvalue weighted by Gasteiger charge is 2.52. The minimum Gasteiger partial charge on any atom is -0.504 e. The summed E-state index contributed by atoms with van der Waals surface area (Å²) in [5, 5.41) is 18.2. The average Bonchev–Trinajstić information content (AvgIpc) is 3.29. The summed E-state index contributed by atoms with van der Waals surface area (Å²) in [6, 6.07) is 5.71. The van der Waals surface area contributed by atoms with Crippen LogP contribution in [0.25, 0.3) is 0 Å². The van der Waals surface area contributed by atoms with Crippen LogP contribution < -0.4 is 15.5 Å². The molecule has 1 aromatic carbocycles. The van der Waals surface area contributed by atoms with Gasteiger partial charge in [0.15, 0.2) is 16.6 Å². The van der Waals surface area contributed by atoms with Crippen LogP contribution in [-0.2, 0) is 0 Å². The number of phenolic OH excluding ortho intramolecular Hbond substituents is 1. The lowest BCUT2D eigenvalue weighted by molar-refractivity contribution is 0.246. The zero-order valence-electron chi connectivity index (χ0n) is 14.2. The van der Waals surface area contributed by atoms with Crippen LogP contribution in [0, 0.1) is 23.7 Å². The van der Waals surface area contributed by atoms with Crippen LogP contribution >= 0.6 is 12.2 Å². The zero-order chi connectivity index (χ0) is 17.4. The number of para-hydroxylation sites is 1. The monoisotopic (exact) mass is 357 g/mol. The molecular weight excluding hydrogens is 334 g/mol. The van der Waals surface area contributed by atoms with E-state index in [1.54, 1.807) is 24.4 Å². The van der Waals surface area contributed by atoms with E-state index in [1.807, 2.05) is 0 Å². The number of fused-ring (bicyclic) bond motifs is 5. The van der Waals surface area contributed by atoms with Gasteiger partial charge in [-0.15, -0.1) is 0 Å². The minimum absolute atomic E-state index is 0.0709. The number of hydrazone groups is 1. The summed E-state index contributed by atoms with van der Waals surface area (Å²) in [6.45, 7) is 0. The van der Waals surface area contributed by atoms with Crippen molar-refractivity contribution in [3.05, 3.63) is 35.9 Å². The third-order valence-electron chi connectivity index (χ3n) is 5.95. The average molecular weight is 357 g/mol. The van der Waals surface area contributed by atoms with E-state index in [4.69, 9.17) is 17.0 Å². The number of thiocarbonyl (C=S) groups is 1. The van der Waals surface area contributed by atoms with Crippen molar-refractivity contribution >= 4 is 23.5 Å². The van der Waals surface area contributed by atoms with Crippen LogP contribution in [0.2, 0.25) is 0 Å². The Morgan fingerprint density at radius 3 is 3.08 bits per heavy atom. The SMILES string of the molecule is COc1cccc(/C=N\NC(=S)N[C@H]2C[C@@H]3C[C@@H]2[C@H]2C=CC[C@H]32)c1O. The summed E-state index contributed by atoms with van der Waals surface area (Å²) in [5.41, 5.74) is 3.44. The van der Waals surface area contributed by atoms with Gasteiger partial charge in [0.05, 0.1) is 13.3 Å². The summed E-state index contributed by atoms with van der Waals surface area (Å²) in [4.78, 5) is 0. The van der Waals surface area contributed by atoms with E-state index in [1.165, 1.54) is 26.4 Å². The Bertz CT molecular complexity index is 733. The molecule has 5 nitrogen and oxygen atoms in total.